The summed E-state index contributed by atoms with van der Waals surface area (Å²) in [5, 5.41) is 11.8. The number of carboxylic acids is 1. The number of likely N-dealkylation sites (tertiary alicyclic amines) is 1. The van der Waals surface area contributed by atoms with Crippen molar-refractivity contribution in [3.8, 4) is 0 Å². The molecule has 7 heteroatoms. The Hall–Kier alpha value is -2.67. The van der Waals surface area contributed by atoms with E-state index in [4.69, 9.17) is 5.11 Å². The van der Waals surface area contributed by atoms with E-state index < -0.39 is 12.0 Å². The van der Waals surface area contributed by atoms with Crippen molar-refractivity contribution in [2.45, 2.75) is 31.8 Å². The zero-order valence-electron chi connectivity index (χ0n) is 14.2. The Morgan fingerprint density at radius 3 is 2.58 bits per heavy atom. The number of nitrogens with zero attached hydrogens (tertiary/aromatic N) is 1. The van der Waals surface area contributed by atoms with Crippen molar-refractivity contribution in [1.29, 1.82) is 0 Å². The van der Waals surface area contributed by atoms with Crippen LogP contribution < -0.4 is 5.32 Å². The average molecular weight is 372 g/mol. The molecule has 1 aromatic heterocycles. The van der Waals surface area contributed by atoms with Crippen LogP contribution in [0.1, 0.15) is 45.4 Å². The highest BCUT2D eigenvalue weighted by Gasteiger charge is 2.32. The SMILES string of the molecule is O=C(O)c1ccc(CNC(=O)C(c2ccccc2)N2CCCCC2=O)s1. The Bertz CT molecular complexity index is 803. The third kappa shape index (κ3) is 4.11. The molecule has 0 radical (unpaired) electrons. The molecule has 1 aliphatic heterocycles. The lowest BCUT2D eigenvalue weighted by molar-refractivity contribution is -0.142. The van der Waals surface area contributed by atoms with Gasteiger partial charge < -0.3 is 15.3 Å². The first-order valence-corrected chi connectivity index (χ1v) is 9.32. The fraction of sp³-hybridized carbons (Fsp3) is 0.316. The van der Waals surface area contributed by atoms with E-state index in [9.17, 15) is 14.4 Å². The predicted molar refractivity (Wildman–Crippen MR) is 97.9 cm³/mol. The Morgan fingerprint density at radius 2 is 1.92 bits per heavy atom. The molecule has 1 aromatic carbocycles. The largest absolute Gasteiger partial charge is 0.477 e. The zero-order valence-corrected chi connectivity index (χ0v) is 15.0. The Balaban J connectivity index is 1.76. The van der Waals surface area contributed by atoms with Crippen LogP contribution in [-0.2, 0) is 16.1 Å². The smallest absolute Gasteiger partial charge is 0.345 e. The molecular weight excluding hydrogens is 352 g/mol. The molecule has 0 spiro atoms. The molecule has 0 bridgehead atoms. The van der Waals surface area contributed by atoms with Crippen LogP contribution in [0.15, 0.2) is 42.5 Å². The van der Waals surface area contributed by atoms with E-state index in [1.165, 1.54) is 6.07 Å². The van der Waals surface area contributed by atoms with Crippen LogP contribution in [0.5, 0.6) is 0 Å². The fourth-order valence-corrected chi connectivity index (χ4v) is 3.85. The summed E-state index contributed by atoms with van der Waals surface area (Å²) in [7, 11) is 0. The Kier molecular flexibility index (Phi) is 5.68. The van der Waals surface area contributed by atoms with Crippen molar-refractivity contribution < 1.29 is 19.5 Å². The van der Waals surface area contributed by atoms with E-state index in [1.54, 1.807) is 11.0 Å². The van der Waals surface area contributed by atoms with Crippen molar-refractivity contribution in [3.63, 3.8) is 0 Å². The molecular formula is C19H20N2O4S. The van der Waals surface area contributed by atoms with Crippen LogP contribution in [0.2, 0.25) is 0 Å². The van der Waals surface area contributed by atoms with Gasteiger partial charge in [-0.1, -0.05) is 30.3 Å². The van der Waals surface area contributed by atoms with Crippen molar-refractivity contribution in [2.24, 2.45) is 0 Å². The van der Waals surface area contributed by atoms with Gasteiger partial charge in [-0.3, -0.25) is 9.59 Å². The number of rotatable bonds is 6. The molecule has 1 unspecified atom stereocenters. The van der Waals surface area contributed by atoms with E-state index >= 15 is 0 Å². The number of carbonyl (C=O) groups excluding carboxylic acids is 2. The molecule has 2 amide bonds. The van der Waals surface area contributed by atoms with Gasteiger partial charge in [0.1, 0.15) is 10.9 Å². The van der Waals surface area contributed by atoms with Crippen LogP contribution in [0.4, 0.5) is 0 Å². The summed E-state index contributed by atoms with van der Waals surface area (Å²) in [6, 6.07) is 11.8. The predicted octanol–water partition coefficient (Wildman–Crippen LogP) is 2.82. The van der Waals surface area contributed by atoms with Gasteiger partial charge in [0.15, 0.2) is 0 Å². The number of nitrogens with one attached hydrogen (secondary N) is 1. The highest BCUT2D eigenvalue weighted by molar-refractivity contribution is 7.13. The summed E-state index contributed by atoms with van der Waals surface area (Å²) in [6.07, 6.45) is 2.20. The first-order valence-electron chi connectivity index (χ1n) is 8.50. The van der Waals surface area contributed by atoms with Gasteiger partial charge in [-0.2, -0.15) is 0 Å². The second kappa shape index (κ2) is 8.14. The molecule has 2 N–H and O–H groups in total. The standard InChI is InChI=1S/C19H20N2O4S/c22-16-8-4-5-11-21(16)17(13-6-2-1-3-7-13)18(23)20-12-14-9-10-15(26-14)19(24)25/h1-3,6-7,9-10,17H,4-5,8,11-12H2,(H,20,23)(H,24,25). The molecule has 0 aliphatic carbocycles. The van der Waals surface area contributed by atoms with Gasteiger partial charge in [0.25, 0.3) is 0 Å². The van der Waals surface area contributed by atoms with Crippen LogP contribution in [0.25, 0.3) is 0 Å². The summed E-state index contributed by atoms with van der Waals surface area (Å²) in [6.45, 7) is 0.802. The maximum absolute atomic E-state index is 12.9. The number of amides is 2. The molecule has 1 saturated heterocycles. The van der Waals surface area contributed by atoms with Crippen LogP contribution in [0, 0.1) is 0 Å². The van der Waals surface area contributed by atoms with E-state index in [1.807, 2.05) is 30.3 Å². The first kappa shape index (κ1) is 18.1. The van der Waals surface area contributed by atoms with Crippen molar-refractivity contribution >= 4 is 29.1 Å². The van der Waals surface area contributed by atoms with Gasteiger partial charge in [0, 0.05) is 17.8 Å². The summed E-state index contributed by atoms with van der Waals surface area (Å²) in [4.78, 5) is 38.8. The molecule has 2 aromatic rings. The van der Waals surface area contributed by atoms with E-state index in [2.05, 4.69) is 5.32 Å². The van der Waals surface area contributed by atoms with Crippen LogP contribution in [-0.4, -0.2) is 34.3 Å². The van der Waals surface area contributed by atoms with Crippen LogP contribution >= 0.6 is 11.3 Å². The first-order chi connectivity index (χ1) is 12.6. The second-order valence-corrected chi connectivity index (χ2v) is 7.31. The summed E-state index contributed by atoms with van der Waals surface area (Å²) < 4.78 is 0. The molecule has 136 valence electrons. The Morgan fingerprint density at radius 1 is 1.15 bits per heavy atom. The monoisotopic (exact) mass is 372 g/mol. The third-order valence-corrected chi connectivity index (χ3v) is 5.42. The second-order valence-electron chi connectivity index (χ2n) is 6.15. The van der Waals surface area contributed by atoms with Gasteiger partial charge in [-0.05, 0) is 30.5 Å². The third-order valence-electron chi connectivity index (χ3n) is 4.34. The van der Waals surface area contributed by atoms with E-state index in [0.717, 1.165) is 34.6 Å². The van der Waals surface area contributed by atoms with Gasteiger partial charge in [-0.25, -0.2) is 4.79 Å². The number of benzene rings is 1. The number of aromatic carboxylic acids is 1. The number of thiophene rings is 1. The summed E-state index contributed by atoms with van der Waals surface area (Å²) in [5.74, 6) is -1.24. The Labute approximate surface area is 155 Å². The molecule has 3 rings (SSSR count). The van der Waals surface area contributed by atoms with Crippen LogP contribution in [0.3, 0.4) is 0 Å². The lowest BCUT2D eigenvalue weighted by Crippen LogP contribution is -2.45. The van der Waals surface area contributed by atoms with Gasteiger partial charge >= 0.3 is 5.97 Å². The lowest BCUT2D eigenvalue weighted by atomic mass is 10.0. The summed E-state index contributed by atoms with van der Waals surface area (Å²) in [5.41, 5.74) is 0.776. The van der Waals surface area contributed by atoms with E-state index in [0.29, 0.717) is 13.0 Å². The number of hydrogen-bond donors (Lipinski definition) is 2. The minimum Gasteiger partial charge on any atom is -0.477 e. The maximum Gasteiger partial charge on any atom is 0.345 e. The molecule has 1 atom stereocenters. The van der Waals surface area contributed by atoms with Crippen molar-refractivity contribution in [3.05, 3.63) is 57.8 Å². The van der Waals surface area contributed by atoms with Crippen molar-refractivity contribution in [2.75, 3.05) is 6.54 Å². The summed E-state index contributed by atoms with van der Waals surface area (Å²) >= 11 is 1.13. The zero-order chi connectivity index (χ0) is 18.5. The molecule has 1 aliphatic rings. The highest BCUT2D eigenvalue weighted by Crippen LogP contribution is 2.26. The number of hydrogen-bond acceptors (Lipinski definition) is 4. The molecule has 2 heterocycles. The molecule has 6 nitrogen and oxygen atoms in total. The highest BCUT2D eigenvalue weighted by atomic mass is 32.1. The fourth-order valence-electron chi connectivity index (χ4n) is 3.07. The quantitative estimate of drug-likeness (QED) is 0.816. The molecule has 1 fully saturated rings. The number of piperidine rings is 1. The maximum atomic E-state index is 12.9. The van der Waals surface area contributed by atoms with Gasteiger partial charge in [0.2, 0.25) is 11.8 Å². The van der Waals surface area contributed by atoms with Gasteiger partial charge in [-0.15, -0.1) is 11.3 Å². The molecule has 0 saturated carbocycles. The van der Waals surface area contributed by atoms with Gasteiger partial charge in [0.05, 0.1) is 6.54 Å². The number of carbonyl (C=O) groups is 3. The average Bonchev–Trinajstić information content (AvgIpc) is 3.12. The topological polar surface area (TPSA) is 86.7 Å². The molecule has 26 heavy (non-hydrogen) atoms. The van der Waals surface area contributed by atoms with Crippen molar-refractivity contribution in [1.82, 2.24) is 10.2 Å². The minimum atomic E-state index is -0.978. The minimum absolute atomic E-state index is 0.00969. The normalized spacial score (nSPS) is 15.5. The van der Waals surface area contributed by atoms with E-state index in [-0.39, 0.29) is 23.2 Å². The lowest BCUT2D eigenvalue weighted by Gasteiger charge is -2.34. The number of carboxylic acid groups (broad SMARTS) is 1.